The van der Waals surface area contributed by atoms with Crippen molar-refractivity contribution in [2.24, 2.45) is 0 Å². The van der Waals surface area contributed by atoms with E-state index in [1.54, 1.807) is 0 Å². The van der Waals surface area contributed by atoms with Crippen molar-refractivity contribution in [1.29, 1.82) is 0 Å². The summed E-state index contributed by atoms with van der Waals surface area (Å²) in [6.07, 6.45) is 0.216. The van der Waals surface area contributed by atoms with E-state index in [4.69, 9.17) is 4.74 Å². The first-order valence-corrected chi connectivity index (χ1v) is 8.85. The zero-order valence-corrected chi connectivity index (χ0v) is 16.2. The van der Waals surface area contributed by atoms with Crippen LogP contribution in [0.15, 0.2) is 48.5 Å². The first kappa shape index (κ1) is 21.4. The third-order valence-corrected chi connectivity index (χ3v) is 3.17. The standard InChI is InChI=1S/C18H22O.2C2H6/c1-13(2)19-18(16-9-5-14(3)6-10-16)17-11-7-15(4)8-12-17;2*1-2/h5-13,18H,1-4H3;2*1-2H3. The summed E-state index contributed by atoms with van der Waals surface area (Å²) in [4.78, 5) is 0. The van der Waals surface area contributed by atoms with Gasteiger partial charge in [-0.25, -0.2) is 0 Å². The van der Waals surface area contributed by atoms with Crippen molar-refractivity contribution in [3.8, 4) is 0 Å². The van der Waals surface area contributed by atoms with Gasteiger partial charge in [-0.15, -0.1) is 0 Å². The van der Waals surface area contributed by atoms with Crippen molar-refractivity contribution in [3.63, 3.8) is 0 Å². The second-order valence-electron chi connectivity index (χ2n) is 5.39. The number of benzene rings is 2. The predicted molar refractivity (Wildman–Crippen MR) is 103 cm³/mol. The lowest BCUT2D eigenvalue weighted by molar-refractivity contribution is 0.0304. The average Bonchev–Trinajstić information content (AvgIpc) is 2.58. The van der Waals surface area contributed by atoms with Crippen LogP contribution in [0.2, 0.25) is 0 Å². The van der Waals surface area contributed by atoms with E-state index >= 15 is 0 Å². The lowest BCUT2D eigenvalue weighted by Gasteiger charge is -2.21. The Balaban J connectivity index is 0.00000112. The van der Waals surface area contributed by atoms with E-state index in [9.17, 15) is 0 Å². The van der Waals surface area contributed by atoms with Gasteiger partial charge in [-0.1, -0.05) is 87.4 Å². The third kappa shape index (κ3) is 7.47. The van der Waals surface area contributed by atoms with Gasteiger partial charge in [0.25, 0.3) is 0 Å². The minimum atomic E-state index is 0.0150. The molecule has 0 fully saturated rings. The molecule has 2 aromatic carbocycles. The molecule has 1 heteroatoms. The minimum absolute atomic E-state index is 0.0150. The Labute approximate surface area is 143 Å². The van der Waals surface area contributed by atoms with Crippen molar-refractivity contribution in [2.45, 2.75) is 67.6 Å². The molecule has 0 aliphatic carbocycles. The molecule has 0 saturated carbocycles. The zero-order valence-electron chi connectivity index (χ0n) is 16.2. The highest BCUT2D eigenvalue weighted by molar-refractivity contribution is 5.33. The van der Waals surface area contributed by atoms with Crippen LogP contribution in [0, 0.1) is 13.8 Å². The summed E-state index contributed by atoms with van der Waals surface area (Å²) in [7, 11) is 0. The number of aryl methyl sites for hydroxylation is 2. The maximum Gasteiger partial charge on any atom is 0.108 e. The predicted octanol–water partition coefficient (Wildman–Crippen LogP) is 6.87. The van der Waals surface area contributed by atoms with Crippen molar-refractivity contribution in [1.82, 2.24) is 0 Å². The van der Waals surface area contributed by atoms with Crippen LogP contribution in [0.4, 0.5) is 0 Å². The van der Waals surface area contributed by atoms with Crippen LogP contribution in [0.3, 0.4) is 0 Å². The normalized spacial score (nSPS) is 9.83. The van der Waals surface area contributed by atoms with Crippen LogP contribution in [0.5, 0.6) is 0 Å². The Hall–Kier alpha value is -1.60. The molecule has 128 valence electrons. The fourth-order valence-corrected chi connectivity index (χ4v) is 2.10. The largest absolute Gasteiger partial charge is 0.366 e. The molecule has 0 atom stereocenters. The first-order chi connectivity index (χ1) is 11.1. The summed E-state index contributed by atoms with van der Waals surface area (Å²) in [5.74, 6) is 0. The van der Waals surface area contributed by atoms with Crippen LogP contribution < -0.4 is 0 Å². The number of hydrogen-bond donors (Lipinski definition) is 0. The van der Waals surface area contributed by atoms with Gasteiger partial charge in [0.15, 0.2) is 0 Å². The van der Waals surface area contributed by atoms with Gasteiger partial charge < -0.3 is 4.74 Å². The SMILES string of the molecule is CC.CC.Cc1ccc(C(OC(C)C)c2ccc(C)cc2)cc1. The molecule has 0 heterocycles. The molecule has 2 rings (SSSR count). The van der Waals surface area contributed by atoms with Gasteiger partial charge in [-0.05, 0) is 38.8 Å². The van der Waals surface area contributed by atoms with E-state index < -0.39 is 0 Å². The van der Waals surface area contributed by atoms with E-state index in [0.29, 0.717) is 0 Å². The summed E-state index contributed by atoms with van der Waals surface area (Å²) >= 11 is 0. The van der Waals surface area contributed by atoms with Gasteiger partial charge in [0, 0.05) is 0 Å². The number of hydrogen-bond acceptors (Lipinski definition) is 1. The van der Waals surface area contributed by atoms with E-state index in [0.717, 1.165) is 0 Å². The molecule has 0 spiro atoms. The topological polar surface area (TPSA) is 9.23 Å². The van der Waals surface area contributed by atoms with E-state index in [2.05, 4.69) is 76.2 Å². The molecular weight excluding hydrogens is 280 g/mol. The Kier molecular flexibility index (Phi) is 11.1. The molecular formula is C22H34O. The Morgan fingerprint density at radius 2 is 0.913 bits per heavy atom. The number of ether oxygens (including phenoxy) is 1. The molecule has 0 N–H and O–H groups in total. The Morgan fingerprint density at radius 1 is 0.609 bits per heavy atom. The maximum atomic E-state index is 6.10. The highest BCUT2D eigenvalue weighted by atomic mass is 16.5. The Morgan fingerprint density at radius 3 is 1.17 bits per heavy atom. The highest BCUT2D eigenvalue weighted by Crippen LogP contribution is 2.27. The molecule has 0 aromatic heterocycles. The molecule has 0 aliphatic rings. The van der Waals surface area contributed by atoms with Crippen molar-refractivity contribution in [3.05, 3.63) is 70.8 Å². The van der Waals surface area contributed by atoms with Gasteiger partial charge in [-0.2, -0.15) is 0 Å². The molecule has 23 heavy (non-hydrogen) atoms. The first-order valence-electron chi connectivity index (χ1n) is 8.85. The molecule has 1 nitrogen and oxygen atoms in total. The Bertz CT molecular complexity index is 463. The summed E-state index contributed by atoms with van der Waals surface area (Å²) in [6.45, 7) is 16.4. The summed E-state index contributed by atoms with van der Waals surface area (Å²) < 4.78 is 6.10. The van der Waals surface area contributed by atoms with E-state index in [1.807, 2.05) is 27.7 Å². The highest BCUT2D eigenvalue weighted by Gasteiger charge is 2.16. The van der Waals surface area contributed by atoms with E-state index in [-0.39, 0.29) is 12.2 Å². The van der Waals surface area contributed by atoms with Gasteiger partial charge in [0.1, 0.15) is 6.10 Å². The summed E-state index contributed by atoms with van der Waals surface area (Å²) in [6, 6.07) is 17.2. The third-order valence-electron chi connectivity index (χ3n) is 3.17. The van der Waals surface area contributed by atoms with Crippen LogP contribution in [-0.2, 0) is 4.74 Å². The van der Waals surface area contributed by atoms with Crippen LogP contribution in [0.25, 0.3) is 0 Å². The van der Waals surface area contributed by atoms with Crippen LogP contribution in [-0.4, -0.2) is 6.10 Å². The average molecular weight is 315 g/mol. The lowest BCUT2D eigenvalue weighted by atomic mass is 9.99. The molecule has 2 aromatic rings. The second kappa shape index (κ2) is 11.9. The second-order valence-corrected chi connectivity index (χ2v) is 5.39. The quantitative estimate of drug-likeness (QED) is 0.598. The molecule has 0 unspecified atom stereocenters. The van der Waals surface area contributed by atoms with Gasteiger partial charge >= 0.3 is 0 Å². The summed E-state index contributed by atoms with van der Waals surface area (Å²) in [5.41, 5.74) is 4.97. The fraction of sp³-hybridized carbons (Fsp3) is 0.455. The summed E-state index contributed by atoms with van der Waals surface area (Å²) in [5, 5.41) is 0. The molecule has 0 saturated heterocycles. The molecule has 0 amide bonds. The van der Waals surface area contributed by atoms with Crippen molar-refractivity contribution < 1.29 is 4.74 Å². The molecule has 0 radical (unpaired) electrons. The molecule has 0 bridgehead atoms. The number of rotatable bonds is 4. The lowest BCUT2D eigenvalue weighted by Crippen LogP contribution is -2.12. The minimum Gasteiger partial charge on any atom is -0.366 e. The monoisotopic (exact) mass is 314 g/mol. The maximum absolute atomic E-state index is 6.10. The van der Waals surface area contributed by atoms with Gasteiger partial charge in [-0.3, -0.25) is 0 Å². The van der Waals surface area contributed by atoms with E-state index in [1.165, 1.54) is 22.3 Å². The molecule has 0 aliphatic heterocycles. The van der Waals surface area contributed by atoms with Gasteiger partial charge in [0.2, 0.25) is 0 Å². The van der Waals surface area contributed by atoms with Crippen LogP contribution in [0.1, 0.15) is 69.9 Å². The van der Waals surface area contributed by atoms with Crippen LogP contribution >= 0.6 is 0 Å². The van der Waals surface area contributed by atoms with Crippen molar-refractivity contribution >= 4 is 0 Å². The van der Waals surface area contributed by atoms with Gasteiger partial charge in [0.05, 0.1) is 6.10 Å². The zero-order chi connectivity index (χ0) is 17.8. The fourth-order valence-electron chi connectivity index (χ4n) is 2.10. The van der Waals surface area contributed by atoms with Crippen molar-refractivity contribution in [2.75, 3.05) is 0 Å². The smallest absolute Gasteiger partial charge is 0.108 e.